The molecule has 10 heteroatoms. The normalized spacial score (nSPS) is 12.6. The minimum Gasteiger partial charge on any atom is -0.465 e. The predicted octanol–water partition coefficient (Wildman–Crippen LogP) is 1.65. The van der Waals surface area contributed by atoms with Crippen LogP contribution in [0.2, 0.25) is 0 Å². The van der Waals surface area contributed by atoms with Gasteiger partial charge in [0.1, 0.15) is 0 Å². The highest BCUT2D eigenvalue weighted by Crippen LogP contribution is 2.25. The number of nitrogens with one attached hydrogen (secondary N) is 1. The fourth-order valence-corrected chi connectivity index (χ4v) is 3.38. The lowest BCUT2D eigenvalue weighted by molar-refractivity contribution is -0.116. The van der Waals surface area contributed by atoms with Gasteiger partial charge in [-0.15, -0.1) is 10.2 Å². The Morgan fingerprint density at radius 3 is 2.77 bits per heavy atom. The SMILES string of the molecule is COC(=O)c1ccc2c(c1)C(=O)N(CCC(=O)Nc1cccc(-c3nnn(C)n3)c1)C2. The Labute approximate surface area is 177 Å². The molecule has 31 heavy (non-hydrogen) atoms. The molecule has 0 bridgehead atoms. The number of aryl methyl sites for hydroxylation is 1. The van der Waals surface area contributed by atoms with Crippen LogP contribution in [0, 0.1) is 0 Å². The molecule has 0 atom stereocenters. The first-order valence-electron chi connectivity index (χ1n) is 9.59. The monoisotopic (exact) mass is 420 g/mol. The molecule has 158 valence electrons. The Morgan fingerprint density at radius 1 is 1.19 bits per heavy atom. The molecule has 2 heterocycles. The van der Waals surface area contributed by atoms with Crippen LogP contribution < -0.4 is 5.32 Å². The van der Waals surface area contributed by atoms with Crippen molar-refractivity contribution in [2.24, 2.45) is 7.05 Å². The highest BCUT2D eigenvalue weighted by atomic mass is 16.5. The standard InChI is InChI=1S/C21H20N6O4/c1-26-24-19(23-25-26)13-4-3-5-16(10-13)22-18(28)8-9-27-12-15-7-6-14(21(30)31-2)11-17(15)20(27)29/h3-7,10-11H,8-9,12H2,1-2H3,(H,22,28). The third-order valence-corrected chi connectivity index (χ3v) is 4.93. The summed E-state index contributed by atoms with van der Waals surface area (Å²) in [5.74, 6) is -0.453. The van der Waals surface area contributed by atoms with Gasteiger partial charge >= 0.3 is 5.97 Å². The average Bonchev–Trinajstić information content (AvgIpc) is 3.35. The van der Waals surface area contributed by atoms with Crippen molar-refractivity contribution in [3.05, 3.63) is 59.2 Å². The number of esters is 1. The van der Waals surface area contributed by atoms with E-state index in [4.69, 9.17) is 4.74 Å². The van der Waals surface area contributed by atoms with E-state index in [1.807, 2.05) is 6.07 Å². The smallest absolute Gasteiger partial charge is 0.337 e. The van der Waals surface area contributed by atoms with E-state index in [-0.39, 0.29) is 24.8 Å². The Bertz CT molecular complexity index is 1170. The Hall–Kier alpha value is -4.08. The van der Waals surface area contributed by atoms with Crippen LogP contribution in [-0.4, -0.2) is 56.5 Å². The van der Waals surface area contributed by atoms with Crippen LogP contribution in [0.3, 0.4) is 0 Å². The first kappa shape index (κ1) is 20.2. The lowest BCUT2D eigenvalue weighted by Crippen LogP contribution is -2.28. The van der Waals surface area contributed by atoms with Gasteiger partial charge in [0.2, 0.25) is 11.7 Å². The molecule has 2 amide bonds. The first-order valence-corrected chi connectivity index (χ1v) is 9.59. The third-order valence-electron chi connectivity index (χ3n) is 4.93. The number of aromatic nitrogens is 4. The Kier molecular flexibility index (Phi) is 5.44. The second-order valence-corrected chi connectivity index (χ2v) is 7.07. The maximum absolute atomic E-state index is 12.7. The number of carbonyl (C=O) groups excluding carboxylic acids is 3. The van der Waals surface area contributed by atoms with Crippen molar-refractivity contribution < 1.29 is 19.1 Å². The Morgan fingerprint density at radius 2 is 2.03 bits per heavy atom. The molecule has 10 nitrogen and oxygen atoms in total. The van der Waals surface area contributed by atoms with E-state index in [1.54, 1.807) is 42.3 Å². The van der Waals surface area contributed by atoms with E-state index in [9.17, 15) is 14.4 Å². The van der Waals surface area contributed by atoms with E-state index in [1.165, 1.54) is 18.0 Å². The number of tetrazole rings is 1. The molecule has 1 N–H and O–H groups in total. The predicted molar refractivity (Wildman–Crippen MR) is 110 cm³/mol. The van der Waals surface area contributed by atoms with Crippen LogP contribution >= 0.6 is 0 Å². The largest absolute Gasteiger partial charge is 0.465 e. The van der Waals surface area contributed by atoms with Crippen molar-refractivity contribution in [1.29, 1.82) is 0 Å². The van der Waals surface area contributed by atoms with Crippen molar-refractivity contribution in [3.63, 3.8) is 0 Å². The lowest BCUT2D eigenvalue weighted by Gasteiger charge is -2.15. The van der Waals surface area contributed by atoms with E-state index < -0.39 is 5.97 Å². The second-order valence-electron chi connectivity index (χ2n) is 7.07. The number of carbonyl (C=O) groups is 3. The number of hydrogen-bond donors (Lipinski definition) is 1. The van der Waals surface area contributed by atoms with E-state index in [0.29, 0.717) is 29.2 Å². The number of fused-ring (bicyclic) bond motifs is 1. The van der Waals surface area contributed by atoms with Gasteiger partial charge in [-0.25, -0.2) is 4.79 Å². The molecule has 0 saturated heterocycles. The average molecular weight is 420 g/mol. The van der Waals surface area contributed by atoms with Crippen LogP contribution in [0.5, 0.6) is 0 Å². The molecule has 0 spiro atoms. The highest BCUT2D eigenvalue weighted by Gasteiger charge is 2.28. The summed E-state index contributed by atoms with van der Waals surface area (Å²) in [5.41, 5.74) is 2.95. The number of nitrogens with zero attached hydrogens (tertiary/aromatic N) is 5. The minimum atomic E-state index is -0.493. The summed E-state index contributed by atoms with van der Waals surface area (Å²) in [6, 6.07) is 12.1. The quantitative estimate of drug-likeness (QED) is 0.602. The summed E-state index contributed by atoms with van der Waals surface area (Å²) >= 11 is 0. The fraction of sp³-hybridized carbons (Fsp3) is 0.238. The molecule has 2 aromatic carbocycles. The molecule has 0 saturated carbocycles. The van der Waals surface area contributed by atoms with Gasteiger partial charge in [0.15, 0.2) is 0 Å². The molecule has 1 aliphatic heterocycles. The van der Waals surface area contributed by atoms with Crippen LogP contribution in [0.15, 0.2) is 42.5 Å². The third kappa shape index (κ3) is 4.27. The van der Waals surface area contributed by atoms with Crippen LogP contribution in [-0.2, 0) is 23.1 Å². The van der Waals surface area contributed by atoms with Gasteiger partial charge < -0.3 is 15.0 Å². The number of anilines is 1. The molecule has 0 unspecified atom stereocenters. The van der Waals surface area contributed by atoms with Crippen molar-refractivity contribution in [2.45, 2.75) is 13.0 Å². The zero-order chi connectivity index (χ0) is 22.0. The Balaban J connectivity index is 1.36. The van der Waals surface area contributed by atoms with Gasteiger partial charge in [0.25, 0.3) is 5.91 Å². The number of methoxy groups -OCH3 is 1. The maximum Gasteiger partial charge on any atom is 0.337 e. The van der Waals surface area contributed by atoms with Gasteiger partial charge in [-0.2, -0.15) is 4.80 Å². The molecule has 3 aromatic rings. The lowest BCUT2D eigenvalue weighted by atomic mass is 10.1. The van der Waals surface area contributed by atoms with Gasteiger partial charge in [-0.1, -0.05) is 18.2 Å². The van der Waals surface area contributed by atoms with Crippen LogP contribution in [0.25, 0.3) is 11.4 Å². The zero-order valence-electron chi connectivity index (χ0n) is 17.0. The molecule has 0 fully saturated rings. The van der Waals surface area contributed by atoms with E-state index in [0.717, 1.165) is 11.1 Å². The molecule has 0 radical (unpaired) electrons. The number of ether oxygens (including phenoxy) is 1. The topological polar surface area (TPSA) is 119 Å². The van der Waals surface area contributed by atoms with Crippen molar-refractivity contribution in [3.8, 4) is 11.4 Å². The molecule has 1 aromatic heterocycles. The summed E-state index contributed by atoms with van der Waals surface area (Å²) < 4.78 is 4.70. The van der Waals surface area contributed by atoms with Crippen molar-refractivity contribution >= 4 is 23.5 Å². The van der Waals surface area contributed by atoms with Gasteiger partial charge in [-0.3, -0.25) is 9.59 Å². The number of hydrogen-bond acceptors (Lipinski definition) is 7. The molecular formula is C21H20N6O4. The first-order chi connectivity index (χ1) is 14.9. The summed E-state index contributed by atoms with van der Waals surface area (Å²) in [6.45, 7) is 0.662. The van der Waals surface area contributed by atoms with E-state index in [2.05, 4.69) is 20.7 Å². The molecule has 1 aliphatic rings. The number of rotatable bonds is 6. The highest BCUT2D eigenvalue weighted by molar-refractivity contribution is 6.01. The van der Waals surface area contributed by atoms with Crippen molar-refractivity contribution in [2.75, 3.05) is 19.0 Å². The summed E-state index contributed by atoms with van der Waals surface area (Å²) in [4.78, 5) is 39.7. The van der Waals surface area contributed by atoms with E-state index >= 15 is 0 Å². The van der Waals surface area contributed by atoms with Gasteiger partial charge in [0.05, 0.1) is 19.7 Å². The van der Waals surface area contributed by atoms with Gasteiger partial charge in [0, 0.05) is 36.3 Å². The maximum atomic E-state index is 12.7. The van der Waals surface area contributed by atoms with Gasteiger partial charge in [-0.05, 0) is 35.0 Å². The van der Waals surface area contributed by atoms with Crippen LogP contribution in [0.4, 0.5) is 5.69 Å². The number of benzene rings is 2. The molecule has 4 rings (SSSR count). The molecular weight excluding hydrogens is 400 g/mol. The zero-order valence-corrected chi connectivity index (χ0v) is 17.0. The number of amides is 2. The molecule has 0 aliphatic carbocycles. The van der Waals surface area contributed by atoms with Crippen molar-refractivity contribution in [1.82, 2.24) is 25.1 Å². The minimum absolute atomic E-state index is 0.136. The second kappa shape index (κ2) is 8.34. The summed E-state index contributed by atoms with van der Waals surface area (Å²) in [6.07, 6.45) is 0.136. The van der Waals surface area contributed by atoms with Crippen LogP contribution in [0.1, 0.15) is 32.7 Å². The summed E-state index contributed by atoms with van der Waals surface area (Å²) in [5, 5.41) is 14.7. The fourth-order valence-electron chi connectivity index (χ4n) is 3.38. The summed E-state index contributed by atoms with van der Waals surface area (Å²) in [7, 11) is 2.97.